The highest BCUT2D eigenvalue weighted by atomic mass is 16.5. The number of allylic oxidation sites excluding steroid dienone is 1. The lowest BCUT2D eigenvalue weighted by Gasteiger charge is -2.41. The minimum absolute atomic E-state index is 0.0199. The first-order valence-corrected chi connectivity index (χ1v) is 33.2. The van der Waals surface area contributed by atoms with Gasteiger partial charge in [-0.25, -0.2) is 4.79 Å². The minimum Gasteiger partial charge on any atom is -0.465 e. The molecule has 0 spiro atoms. The highest BCUT2D eigenvalue weighted by molar-refractivity contribution is 6.00. The zero-order chi connectivity index (χ0) is 72.2. The number of hydrogen-bond acceptors (Lipinski definition) is 14. The fourth-order valence-corrected chi connectivity index (χ4v) is 11.6. The SMILES string of the molecule is CC[C@@H]1NC(=O)[C@H]([C@H](O)[C@H](C)C/C=C/c2ccc(C(=O)OC)cc2)N(C)C(=O)[C@H](C(C)C)N(C)C(=O)[C@H](CC(C)C)N(C)C(=O)C(CC(C)C)N(C)C(=O)[C@@H](C)NC(=O)[C@H](C)NC(=O)[C@H](CC(C)C)N(C)C(=O)[C@H](C(C)C)NC(=O)[C@H](CC(C)C)N(C)C(=O)CN(C)C1=O. The number of aliphatic hydroxyl groups excluding tert-OH is 1. The third-order valence-electron chi connectivity index (χ3n) is 17.5. The van der Waals surface area contributed by atoms with E-state index in [-0.39, 0.29) is 62.2 Å². The average Bonchev–Trinajstić information content (AvgIpc) is 0.807. The Morgan fingerprint density at radius 1 is 0.511 bits per heavy atom. The number of esters is 1. The zero-order valence-electron chi connectivity index (χ0n) is 60.7. The zero-order valence-corrected chi connectivity index (χ0v) is 60.7. The van der Waals surface area contributed by atoms with E-state index in [2.05, 4.69) is 21.3 Å². The molecule has 1 aromatic rings. The number of hydrogen-bond donors (Lipinski definition) is 5. The molecule has 1 aliphatic rings. The van der Waals surface area contributed by atoms with Crippen LogP contribution >= 0.6 is 0 Å². The van der Waals surface area contributed by atoms with Crippen molar-refractivity contribution < 1.29 is 67.4 Å². The van der Waals surface area contributed by atoms with Gasteiger partial charge in [-0.15, -0.1) is 0 Å². The molecule has 1 aromatic carbocycles. The summed E-state index contributed by atoms with van der Waals surface area (Å²) in [5, 5.41) is 23.4. The molecule has 0 saturated carbocycles. The van der Waals surface area contributed by atoms with Gasteiger partial charge in [-0.3, -0.25) is 52.7 Å². The van der Waals surface area contributed by atoms with E-state index in [9.17, 15) is 43.5 Å². The smallest absolute Gasteiger partial charge is 0.337 e. The van der Waals surface area contributed by atoms with E-state index in [0.717, 1.165) is 9.80 Å². The van der Waals surface area contributed by atoms with Crippen LogP contribution in [-0.2, 0) is 57.5 Å². The summed E-state index contributed by atoms with van der Waals surface area (Å²) >= 11 is 0. The van der Waals surface area contributed by atoms with Crippen LogP contribution in [0.25, 0.3) is 6.08 Å². The lowest BCUT2D eigenvalue weighted by atomic mass is 9.91. The maximum absolute atomic E-state index is 15.4. The molecule has 2 rings (SSSR count). The number of aliphatic hydroxyl groups is 1. The molecule has 1 unspecified atom stereocenters. The van der Waals surface area contributed by atoms with Crippen molar-refractivity contribution in [1.82, 2.24) is 55.6 Å². The van der Waals surface area contributed by atoms with Crippen LogP contribution in [0.15, 0.2) is 30.3 Å². The first-order valence-electron chi connectivity index (χ1n) is 33.2. The Balaban J connectivity index is 3.00. The molecule has 0 aliphatic carbocycles. The van der Waals surface area contributed by atoms with E-state index in [1.165, 1.54) is 94.8 Å². The number of likely N-dealkylation sites (N-methyl/N-ethyl adjacent to an activating group) is 7. The van der Waals surface area contributed by atoms with Crippen LogP contribution in [-0.4, -0.2) is 240 Å². The van der Waals surface area contributed by atoms with Crippen molar-refractivity contribution in [2.45, 2.75) is 216 Å². The molecular formula is C69H115N11O14. The highest BCUT2D eigenvalue weighted by Crippen LogP contribution is 2.26. The van der Waals surface area contributed by atoms with Crippen LogP contribution in [0.2, 0.25) is 0 Å². The quantitative estimate of drug-likeness (QED) is 0.137. The Morgan fingerprint density at radius 2 is 0.947 bits per heavy atom. The van der Waals surface area contributed by atoms with Crippen molar-refractivity contribution in [3.8, 4) is 0 Å². The van der Waals surface area contributed by atoms with E-state index >= 15 is 19.2 Å². The summed E-state index contributed by atoms with van der Waals surface area (Å²) in [7, 11) is 11.1. The molecular weight excluding hydrogens is 1210 g/mol. The van der Waals surface area contributed by atoms with E-state index < -0.39 is 162 Å². The van der Waals surface area contributed by atoms with Gasteiger partial charge in [-0.2, -0.15) is 0 Å². The predicted molar refractivity (Wildman–Crippen MR) is 360 cm³/mol. The fraction of sp³-hybridized carbons (Fsp3) is 0.710. The van der Waals surface area contributed by atoms with Crippen LogP contribution < -0.4 is 21.3 Å². The van der Waals surface area contributed by atoms with Crippen molar-refractivity contribution in [3.63, 3.8) is 0 Å². The second kappa shape index (κ2) is 37.6. The topological polar surface area (TPSA) is 305 Å². The molecule has 530 valence electrons. The van der Waals surface area contributed by atoms with Gasteiger partial charge in [0, 0.05) is 49.3 Å². The number of nitrogens with one attached hydrogen (secondary N) is 4. The molecule has 94 heavy (non-hydrogen) atoms. The number of nitrogens with zero attached hydrogens (tertiary/aromatic N) is 7. The number of ether oxygens (including phenoxy) is 1. The molecule has 1 fully saturated rings. The second-order valence-corrected chi connectivity index (χ2v) is 28.0. The summed E-state index contributed by atoms with van der Waals surface area (Å²) < 4.78 is 4.82. The van der Waals surface area contributed by atoms with Gasteiger partial charge in [-0.1, -0.05) is 121 Å². The summed E-state index contributed by atoms with van der Waals surface area (Å²) in [5.41, 5.74) is 1.05. The fourth-order valence-electron chi connectivity index (χ4n) is 11.6. The number of carbonyl (C=O) groups excluding carboxylic acids is 12. The Labute approximate surface area is 559 Å². The molecule has 25 heteroatoms. The second-order valence-electron chi connectivity index (χ2n) is 28.0. The van der Waals surface area contributed by atoms with Gasteiger partial charge in [0.05, 0.1) is 25.3 Å². The van der Waals surface area contributed by atoms with Crippen molar-refractivity contribution in [3.05, 3.63) is 41.5 Å². The summed E-state index contributed by atoms with van der Waals surface area (Å²) in [6.45, 7) is 27.3. The van der Waals surface area contributed by atoms with Crippen molar-refractivity contribution in [2.75, 3.05) is 63.0 Å². The van der Waals surface area contributed by atoms with Crippen molar-refractivity contribution >= 4 is 77.0 Å². The number of amides is 11. The van der Waals surface area contributed by atoms with Crippen LogP contribution in [0, 0.1) is 41.4 Å². The molecule has 0 radical (unpaired) electrons. The number of methoxy groups -OCH3 is 1. The lowest BCUT2D eigenvalue weighted by molar-refractivity contribution is -0.157. The number of carbonyl (C=O) groups is 12. The Morgan fingerprint density at radius 3 is 1.41 bits per heavy atom. The molecule has 12 atom stereocenters. The van der Waals surface area contributed by atoms with Gasteiger partial charge in [-0.05, 0) is 111 Å². The molecule has 0 bridgehead atoms. The van der Waals surface area contributed by atoms with Crippen molar-refractivity contribution in [2.24, 2.45) is 41.4 Å². The van der Waals surface area contributed by atoms with Gasteiger partial charge in [0.1, 0.15) is 60.4 Å². The first-order chi connectivity index (χ1) is 43.6. The first kappa shape index (κ1) is 82.7. The summed E-state index contributed by atoms with van der Waals surface area (Å²) in [6, 6.07) is -6.11. The number of rotatable bonds is 17. The standard InChI is InChI=1S/C69H115N11O14/c1-25-49-64(88)74(17)37-54(81)75(18)50(33-38(2)3)61(85)73-55(42(10)11)67(91)76(19)51(34-39(4)5)60(84)70-45(15)59(83)71-46(16)63(87)77(20)52(35-40(6)7)65(89)78(21)53(36-41(8)9)66(90)79(22)56(43(12)13)68(92)80(23)57(62(86)72-49)58(82)44(14)27-26-28-47-29-31-48(32-30-47)69(93)94-24/h26,28-32,38-46,49-53,55-58,82H,25,27,33-37H2,1-24H3,(H,70,84)(H,71,83)(H,72,86)(H,73,85)/b28-26+/t44-,45+,46-,49+,50+,51+,52?,53+,55+,56+,57+,58-/m1/s1. The van der Waals surface area contributed by atoms with E-state index in [4.69, 9.17) is 4.74 Å². The average molecular weight is 1320 g/mol. The molecule has 0 aromatic heterocycles. The largest absolute Gasteiger partial charge is 0.465 e. The number of benzene rings is 1. The summed E-state index contributed by atoms with van der Waals surface area (Å²) in [4.78, 5) is 182. The van der Waals surface area contributed by atoms with Gasteiger partial charge < -0.3 is 65.4 Å². The summed E-state index contributed by atoms with van der Waals surface area (Å²) in [5.74, 6) is -10.8. The molecule has 5 N–H and O–H groups in total. The third kappa shape index (κ3) is 22.9. The Kier molecular flexibility index (Phi) is 33.1. The maximum atomic E-state index is 15.4. The van der Waals surface area contributed by atoms with Gasteiger partial charge >= 0.3 is 5.97 Å². The van der Waals surface area contributed by atoms with Crippen molar-refractivity contribution in [1.29, 1.82) is 0 Å². The van der Waals surface area contributed by atoms with Crippen LogP contribution in [0.1, 0.15) is 165 Å². The molecule has 25 nitrogen and oxygen atoms in total. The molecule has 1 saturated heterocycles. The monoisotopic (exact) mass is 1320 g/mol. The predicted octanol–water partition coefficient (Wildman–Crippen LogP) is 4.19. The normalized spacial score (nSPS) is 25.4. The van der Waals surface area contributed by atoms with Gasteiger partial charge in [0.15, 0.2) is 0 Å². The van der Waals surface area contributed by atoms with E-state index in [0.29, 0.717) is 11.1 Å². The maximum Gasteiger partial charge on any atom is 0.337 e. The lowest BCUT2D eigenvalue weighted by Crippen LogP contribution is -2.63. The highest BCUT2D eigenvalue weighted by Gasteiger charge is 2.46. The third-order valence-corrected chi connectivity index (χ3v) is 17.5. The van der Waals surface area contributed by atoms with Gasteiger partial charge in [0.25, 0.3) is 0 Å². The van der Waals surface area contributed by atoms with E-state index in [1.807, 2.05) is 55.4 Å². The Hall–Kier alpha value is -7.44. The molecule has 1 heterocycles. The van der Waals surface area contributed by atoms with Crippen LogP contribution in [0.3, 0.4) is 0 Å². The Bertz CT molecular complexity index is 2810. The van der Waals surface area contributed by atoms with E-state index in [1.54, 1.807) is 78.0 Å². The van der Waals surface area contributed by atoms with Crippen LogP contribution in [0.5, 0.6) is 0 Å². The van der Waals surface area contributed by atoms with Gasteiger partial charge in [0.2, 0.25) is 65.0 Å². The molecule has 11 amide bonds. The van der Waals surface area contributed by atoms with Crippen LogP contribution in [0.4, 0.5) is 0 Å². The summed E-state index contributed by atoms with van der Waals surface area (Å²) in [6.07, 6.45) is 2.57. The molecule has 1 aliphatic heterocycles. The minimum atomic E-state index is -1.70.